The van der Waals surface area contributed by atoms with Gasteiger partial charge in [0.15, 0.2) is 18.2 Å². The second-order valence-electron chi connectivity index (χ2n) is 7.12. The van der Waals surface area contributed by atoms with Crippen LogP contribution in [0, 0.1) is 0 Å². The number of fused-ring (bicyclic) bond motifs is 2. The second-order valence-corrected chi connectivity index (χ2v) is 8.87. The number of ether oxygens (including phenoxy) is 1. The smallest absolute Gasteiger partial charge is 0.262 e. The molecular formula is C20H17N7O4S. The number of carbonyl (C=O) groups excluding carboxylic acids is 1. The lowest BCUT2D eigenvalue weighted by Crippen LogP contribution is -2.25. The van der Waals surface area contributed by atoms with Gasteiger partial charge in [0.25, 0.3) is 5.91 Å². The van der Waals surface area contributed by atoms with Crippen molar-refractivity contribution >= 4 is 49.8 Å². The quantitative estimate of drug-likeness (QED) is 0.361. The number of sulfonamides is 1. The van der Waals surface area contributed by atoms with Gasteiger partial charge in [-0.15, -0.1) is 0 Å². The van der Waals surface area contributed by atoms with Crippen molar-refractivity contribution in [3.05, 3.63) is 48.7 Å². The van der Waals surface area contributed by atoms with Crippen LogP contribution in [0.2, 0.25) is 0 Å². The number of para-hydroxylation sites is 1. The molecule has 12 heteroatoms. The average molecular weight is 451 g/mol. The minimum absolute atomic E-state index is 0.0231. The highest BCUT2D eigenvalue weighted by Gasteiger charge is 2.18. The minimum Gasteiger partial charge on any atom is -0.482 e. The number of nitrogens with one attached hydrogen (secondary N) is 4. The summed E-state index contributed by atoms with van der Waals surface area (Å²) in [6.07, 6.45) is 2.63. The molecule has 4 aromatic rings. The van der Waals surface area contributed by atoms with Crippen molar-refractivity contribution in [3.8, 4) is 17.1 Å². The molecule has 0 bridgehead atoms. The van der Waals surface area contributed by atoms with Crippen molar-refractivity contribution in [2.75, 3.05) is 28.2 Å². The third-order valence-electron chi connectivity index (χ3n) is 4.64. The summed E-state index contributed by atoms with van der Waals surface area (Å²) in [5.74, 6) is 1.08. The molecule has 162 valence electrons. The second kappa shape index (κ2) is 7.50. The first-order chi connectivity index (χ1) is 15.4. The van der Waals surface area contributed by atoms with E-state index in [4.69, 9.17) is 4.74 Å². The number of rotatable bonds is 5. The number of aromatic amines is 1. The Morgan fingerprint density at radius 3 is 2.81 bits per heavy atom. The third kappa shape index (κ3) is 3.90. The van der Waals surface area contributed by atoms with Crippen LogP contribution in [-0.2, 0) is 14.8 Å². The van der Waals surface area contributed by atoms with E-state index >= 15 is 0 Å². The Hall–Kier alpha value is -4.19. The Bertz CT molecular complexity index is 1470. The average Bonchev–Trinajstić information content (AvgIpc) is 3.22. The van der Waals surface area contributed by atoms with Gasteiger partial charge in [-0.3, -0.25) is 14.6 Å². The van der Waals surface area contributed by atoms with Crippen molar-refractivity contribution in [1.82, 2.24) is 20.2 Å². The van der Waals surface area contributed by atoms with Gasteiger partial charge >= 0.3 is 0 Å². The number of H-pyrrole nitrogens is 1. The molecule has 11 nitrogen and oxygen atoms in total. The molecular weight excluding hydrogens is 434 g/mol. The van der Waals surface area contributed by atoms with E-state index in [1.165, 1.54) is 0 Å². The number of benzene rings is 2. The molecule has 1 aliphatic rings. The van der Waals surface area contributed by atoms with Gasteiger partial charge in [0.1, 0.15) is 16.8 Å². The monoisotopic (exact) mass is 451 g/mol. The topological polar surface area (TPSA) is 151 Å². The molecule has 0 unspecified atom stereocenters. The van der Waals surface area contributed by atoms with Crippen LogP contribution in [0.15, 0.2) is 48.7 Å². The van der Waals surface area contributed by atoms with E-state index in [9.17, 15) is 13.2 Å². The minimum atomic E-state index is -3.50. The summed E-state index contributed by atoms with van der Waals surface area (Å²) in [6.45, 7) is -0.0231. The molecule has 1 aliphatic heterocycles. The van der Waals surface area contributed by atoms with Gasteiger partial charge < -0.3 is 15.4 Å². The largest absolute Gasteiger partial charge is 0.482 e. The molecule has 32 heavy (non-hydrogen) atoms. The van der Waals surface area contributed by atoms with Crippen LogP contribution in [-0.4, -0.2) is 47.4 Å². The van der Waals surface area contributed by atoms with Crippen LogP contribution in [0.5, 0.6) is 5.75 Å². The molecule has 3 heterocycles. The summed E-state index contributed by atoms with van der Waals surface area (Å²) in [7, 11) is -3.50. The van der Waals surface area contributed by atoms with Crippen LogP contribution in [0.4, 0.5) is 22.9 Å². The standard InChI is InChI=1S/C20H17N7O4S/c1-32(29,30)27-13-5-3-2-4-12(13)19-24-15-9-21-26-18(15)20(25-19)22-11-6-7-16-14(8-11)23-17(28)10-31-16/h2-9,27H,10H2,1H3,(H,21,26)(H,23,28)(H,22,24,25). The van der Waals surface area contributed by atoms with E-state index in [1.807, 2.05) is 0 Å². The number of hydrogen-bond acceptors (Lipinski definition) is 8. The zero-order valence-electron chi connectivity index (χ0n) is 16.7. The van der Waals surface area contributed by atoms with Gasteiger partial charge in [0, 0.05) is 11.3 Å². The van der Waals surface area contributed by atoms with E-state index in [2.05, 4.69) is 35.5 Å². The van der Waals surface area contributed by atoms with Crippen LogP contribution in [0.1, 0.15) is 0 Å². The van der Waals surface area contributed by atoms with Gasteiger partial charge in [-0.2, -0.15) is 5.10 Å². The predicted octanol–water partition coefficient (Wildman–Crippen LogP) is 2.47. The van der Waals surface area contributed by atoms with E-state index in [0.29, 0.717) is 51.1 Å². The van der Waals surface area contributed by atoms with Gasteiger partial charge in [0.2, 0.25) is 10.0 Å². The van der Waals surface area contributed by atoms with Gasteiger partial charge in [0.05, 0.1) is 23.8 Å². The maximum absolute atomic E-state index is 11.8. The van der Waals surface area contributed by atoms with Crippen LogP contribution >= 0.6 is 0 Å². The Kier molecular flexibility index (Phi) is 4.63. The summed E-state index contributed by atoms with van der Waals surface area (Å²) in [5.41, 5.74) is 3.18. The Labute approximate surface area is 182 Å². The number of aromatic nitrogens is 4. The molecule has 0 aliphatic carbocycles. The van der Waals surface area contributed by atoms with Gasteiger partial charge in [-0.05, 0) is 30.3 Å². The fourth-order valence-electron chi connectivity index (χ4n) is 3.32. The summed E-state index contributed by atoms with van der Waals surface area (Å²) in [4.78, 5) is 20.8. The van der Waals surface area contributed by atoms with E-state index in [-0.39, 0.29) is 12.5 Å². The van der Waals surface area contributed by atoms with Gasteiger partial charge in [-0.25, -0.2) is 18.4 Å². The van der Waals surface area contributed by atoms with Crippen molar-refractivity contribution < 1.29 is 17.9 Å². The molecule has 0 radical (unpaired) electrons. The lowest BCUT2D eigenvalue weighted by Gasteiger charge is -2.19. The Morgan fingerprint density at radius 2 is 1.97 bits per heavy atom. The fraction of sp³-hybridized carbons (Fsp3) is 0.100. The first-order valence-corrected chi connectivity index (χ1v) is 11.4. The molecule has 0 spiro atoms. The number of hydrogen-bond donors (Lipinski definition) is 4. The summed E-state index contributed by atoms with van der Waals surface area (Å²) < 4.78 is 31.5. The van der Waals surface area contributed by atoms with E-state index < -0.39 is 10.0 Å². The zero-order valence-corrected chi connectivity index (χ0v) is 17.5. The summed E-state index contributed by atoms with van der Waals surface area (Å²) >= 11 is 0. The number of anilines is 4. The van der Waals surface area contributed by atoms with Crippen molar-refractivity contribution in [1.29, 1.82) is 0 Å². The highest BCUT2D eigenvalue weighted by Crippen LogP contribution is 2.34. The molecule has 2 aromatic carbocycles. The number of carbonyl (C=O) groups is 1. The van der Waals surface area contributed by atoms with Crippen molar-refractivity contribution in [2.24, 2.45) is 0 Å². The number of amides is 1. The maximum Gasteiger partial charge on any atom is 0.262 e. The van der Waals surface area contributed by atoms with E-state index in [1.54, 1.807) is 48.7 Å². The fourth-order valence-corrected chi connectivity index (χ4v) is 3.89. The van der Waals surface area contributed by atoms with Crippen LogP contribution < -0.4 is 20.1 Å². The molecule has 4 N–H and O–H groups in total. The van der Waals surface area contributed by atoms with Crippen molar-refractivity contribution in [3.63, 3.8) is 0 Å². The molecule has 1 amide bonds. The van der Waals surface area contributed by atoms with Crippen LogP contribution in [0.3, 0.4) is 0 Å². The normalized spacial score (nSPS) is 13.2. The molecule has 0 fully saturated rings. The summed E-state index contributed by atoms with van der Waals surface area (Å²) in [6, 6.07) is 12.1. The highest BCUT2D eigenvalue weighted by atomic mass is 32.2. The SMILES string of the molecule is CS(=O)(=O)Nc1ccccc1-c1nc(Nc2ccc3c(c2)NC(=O)CO3)c2[nH]ncc2n1. The first-order valence-electron chi connectivity index (χ1n) is 9.48. The summed E-state index contributed by atoms with van der Waals surface area (Å²) in [5, 5.41) is 12.9. The predicted molar refractivity (Wildman–Crippen MR) is 119 cm³/mol. The molecule has 2 aromatic heterocycles. The first kappa shape index (κ1) is 19.8. The molecule has 0 saturated carbocycles. The lowest BCUT2D eigenvalue weighted by molar-refractivity contribution is -0.118. The highest BCUT2D eigenvalue weighted by molar-refractivity contribution is 7.92. The molecule has 0 atom stereocenters. The Morgan fingerprint density at radius 1 is 1.12 bits per heavy atom. The molecule has 5 rings (SSSR count). The lowest BCUT2D eigenvalue weighted by atomic mass is 10.1. The van der Waals surface area contributed by atoms with Gasteiger partial charge in [-0.1, -0.05) is 12.1 Å². The van der Waals surface area contributed by atoms with E-state index in [0.717, 1.165) is 6.26 Å². The van der Waals surface area contributed by atoms with Crippen molar-refractivity contribution in [2.45, 2.75) is 0 Å². The zero-order chi connectivity index (χ0) is 22.3. The number of nitrogens with zero attached hydrogens (tertiary/aromatic N) is 3. The van der Waals surface area contributed by atoms with Crippen LogP contribution in [0.25, 0.3) is 22.4 Å². The maximum atomic E-state index is 11.8. The Balaban J connectivity index is 1.57. The molecule has 0 saturated heterocycles. The third-order valence-corrected chi connectivity index (χ3v) is 5.23.